The molecule has 13 nitrogen and oxygen atoms in total. The number of halogens is 1. The second-order valence-corrected chi connectivity index (χ2v) is 22.0. The molecule has 272 valence electrons. The lowest BCUT2D eigenvalue weighted by Crippen LogP contribution is -2.56. The molecule has 51 heavy (non-hydrogen) atoms. The molecular weight excluding hydrogens is 668 g/mol. The van der Waals surface area contributed by atoms with E-state index in [1.54, 1.807) is 10.9 Å². The largest absolute Gasteiger partial charge is 0.461 e. The highest BCUT2D eigenvalue weighted by molar-refractivity contribution is 6.76. The molecule has 4 saturated heterocycles. The van der Waals surface area contributed by atoms with E-state index in [-0.39, 0.29) is 35.5 Å². The van der Waals surface area contributed by atoms with Gasteiger partial charge in [0.05, 0.1) is 22.0 Å². The average molecular weight is 717 g/mol. The van der Waals surface area contributed by atoms with E-state index in [1.807, 2.05) is 19.9 Å². The van der Waals surface area contributed by atoms with Crippen molar-refractivity contribution >= 4 is 41.9 Å². The van der Waals surface area contributed by atoms with Crippen molar-refractivity contribution in [2.24, 2.45) is 0 Å². The lowest BCUT2D eigenvalue weighted by molar-refractivity contribution is 0.0803. The number of hydrogen-bond acceptors (Lipinski definition) is 10. The highest BCUT2D eigenvalue weighted by Crippen LogP contribution is 2.41. The van der Waals surface area contributed by atoms with Crippen molar-refractivity contribution < 1.29 is 18.7 Å². The zero-order chi connectivity index (χ0) is 35.5. The summed E-state index contributed by atoms with van der Waals surface area (Å²) in [5.41, 5.74) is 3.61. The summed E-state index contributed by atoms with van der Waals surface area (Å²) in [4.78, 5) is 31.3. The van der Waals surface area contributed by atoms with E-state index in [0.717, 1.165) is 74.3 Å². The van der Waals surface area contributed by atoms with Gasteiger partial charge in [-0.25, -0.2) is 13.9 Å². The first kappa shape index (κ1) is 34.1. The van der Waals surface area contributed by atoms with Gasteiger partial charge in [-0.1, -0.05) is 24.9 Å². The van der Waals surface area contributed by atoms with Crippen LogP contribution in [0.3, 0.4) is 0 Å². The molecule has 4 aromatic rings. The van der Waals surface area contributed by atoms with Crippen molar-refractivity contribution in [3.05, 3.63) is 29.2 Å². The Hall–Kier alpha value is -3.95. The van der Waals surface area contributed by atoms with Gasteiger partial charge in [0, 0.05) is 46.1 Å². The number of hydrogen-bond donors (Lipinski definition) is 2. The molecule has 4 aliphatic heterocycles. The third-order valence-electron chi connectivity index (χ3n) is 11.5. The molecule has 0 aliphatic carbocycles. The smallest absolute Gasteiger partial charge is 0.319 e. The molecule has 1 spiro atoms. The number of amides is 2. The van der Waals surface area contributed by atoms with E-state index in [9.17, 15) is 4.79 Å². The summed E-state index contributed by atoms with van der Waals surface area (Å²) in [6.45, 7) is 16.2. The summed E-state index contributed by atoms with van der Waals surface area (Å²) < 4.78 is 31.4. The Morgan fingerprint density at radius 3 is 2.57 bits per heavy atom. The topological polar surface area (TPSA) is 135 Å². The fourth-order valence-electron chi connectivity index (χ4n) is 8.54. The van der Waals surface area contributed by atoms with Gasteiger partial charge in [0.2, 0.25) is 0 Å². The molecule has 4 fully saturated rings. The maximum Gasteiger partial charge on any atom is 0.319 e. The summed E-state index contributed by atoms with van der Waals surface area (Å²) in [5, 5.41) is 15.5. The SMILES string of the molecule is Cc1cc2c(nnn2COCC[Si](C)(C)C)c(-c2ncc3c(N4CCCC5(CNC(=O)N5)C4)nc(OCC45CCCN4CCC5)nc3c2F)c1C. The predicted molar refractivity (Wildman–Crippen MR) is 196 cm³/mol. The van der Waals surface area contributed by atoms with E-state index in [0.29, 0.717) is 55.1 Å². The number of benzene rings is 1. The van der Waals surface area contributed by atoms with E-state index < -0.39 is 19.4 Å². The van der Waals surface area contributed by atoms with E-state index >= 15 is 4.39 Å². The minimum atomic E-state index is -1.24. The molecule has 2 amide bonds. The maximum atomic E-state index is 17.2. The van der Waals surface area contributed by atoms with Gasteiger partial charge in [-0.2, -0.15) is 9.97 Å². The number of fused-ring (bicyclic) bond motifs is 3. The number of carbonyl (C=O) groups is 1. The molecule has 4 aliphatic rings. The van der Waals surface area contributed by atoms with Gasteiger partial charge in [0.25, 0.3) is 0 Å². The van der Waals surface area contributed by atoms with Crippen LogP contribution < -0.4 is 20.3 Å². The summed E-state index contributed by atoms with van der Waals surface area (Å²) in [6, 6.07) is 3.06. The summed E-state index contributed by atoms with van der Waals surface area (Å²) in [5.74, 6) is 0.00825. The predicted octanol–water partition coefficient (Wildman–Crippen LogP) is 5.16. The number of nitrogens with zero attached hydrogens (tertiary/aromatic N) is 8. The first-order valence-corrected chi connectivity index (χ1v) is 22.1. The second kappa shape index (κ2) is 12.9. The molecule has 2 N–H and O–H groups in total. The van der Waals surface area contributed by atoms with Crippen LogP contribution in [0.4, 0.5) is 15.0 Å². The van der Waals surface area contributed by atoms with Crippen LogP contribution in [0, 0.1) is 19.7 Å². The molecule has 7 heterocycles. The Labute approximate surface area is 298 Å². The van der Waals surface area contributed by atoms with Gasteiger partial charge >= 0.3 is 12.0 Å². The average Bonchev–Trinajstić information content (AvgIpc) is 3.87. The molecule has 3 aromatic heterocycles. The minimum absolute atomic E-state index is 0.0239. The lowest BCUT2D eigenvalue weighted by Gasteiger charge is -2.40. The van der Waals surface area contributed by atoms with E-state index in [1.165, 1.54) is 0 Å². The fourth-order valence-corrected chi connectivity index (χ4v) is 9.30. The van der Waals surface area contributed by atoms with Crippen molar-refractivity contribution in [1.82, 2.24) is 45.5 Å². The van der Waals surface area contributed by atoms with Crippen LogP contribution in [0.1, 0.15) is 49.7 Å². The Bertz CT molecular complexity index is 1990. The molecule has 1 unspecified atom stereocenters. The number of urea groups is 1. The van der Waals surface area contributed by atoms with Gasteiger partial charge in [0.1, 0.15) is 35.9 Å². The standard InChI is InChI=1S/C36H49FN10O3Si/c1-23-17-26-30(43-44-47(26)22-49-15-16-51(3,4)5)27(24(23)2)31-28(37)29-25(18-38-31)32(45-12-6-9-35(20-45)19-39-33(48)42-35)41-34(40-29)50-21-36-10-7-13-46(36)14-8-11-36/h17-18H,6-16,19-22H2,1-5H3,(H2,39,42,48). The number of carbonyl (C=O) groups excluding carboxylic acids is 1. The molecule has 1 aromatic carbocycles. The van der Waals surface area contributed by atoms with Gasteiger partial charge in [0.15, 0.2) is 5.82 Å². The van der Waals surface area contributed by atoms with Crippen molar-refractivity contribution in [3.63, 3.8) is 0 Å². The maximum absolute atomic E-state index is 17.2. The van der Waals surface area contributed by atoms with Crippen LogP contribution in [-0.2, 0) is 11.5 Å². The van der Waals surface area contributed by atoms with Crippen molar-refractivity contribution in [2.45, 2.75) is 95.9 Å². The molecule has 15 heteroatoms. The molecule has 0 radical (unpaired) electrons. The number of aryl methyl sites for hydroxylation is 1. The normalized spacial score (nSPS) is 21.9. The third kappa shape index (κ3) is 6.30. The number of nitrogens with one attached hydrogen (secondary N) is 2. The zero-order valence-electron chi connectivity index (χ0n) is 30.4. The Morgan fingerprint density at radius 2 is 1.82 bits per heavy atom. The Kier molecular flexibility index (Phi) is 8.65. The number of ether oxygens (including phenoxy) is 2. The monoisotopic (exact) mass is 716 g/mol. The minimum Gasteiger partial charge on any atom is -0.461 e. The summed E-state index contributed by atoms with van der Waals surface area (Å²) in [7, 11) is -1.24. The number of piperidine rings is 1. The Balaban J connectivity index is 1.19. The molecular formula is C36H49FN10O3Si. The van der Waals surface area contributed by atoms with Gasteiger partial charge in [-0.3, -0.25) is 9.88 Å². The van der Waals surface area contributed by atoms with Gasteiger partial charge < -0.3 is 25.0 Å². The van der Waals surface area contributed by atoms with E-state index in [4.69, 9.17) is 24.4 Å². The number of aromatic nitrogens is 6. The molecule has 0 bridgehead atoms. The van der Waals surface area contributed by atoms with Crippen LogP contribution >= 0.6 is 0 Å². The van der Waals surface area contributed by atoms with Crippen LogP contribution in [0.2, 0.25) is 25.7 Å². The van der Waals surface area contributed by atoms with Crippen molar-refractivity contribution in [1.29, 1.82) is 0 Å². The summed E-state index contributed by atoms with van der Waals surface area (Å²) >= 11 is 0. The van der Waals surface area contributed by atoms with Crippen LogP contribution in [0.15, 0.2) is 12.3 Å². The molecule has 1 atom stereocenters. The van der Waals surface area contributed by atoms with Gasteiger partial charge in [-0.15, -0.1) is 5.10 Å². The van der Waals surface area contributed by atoms with Gasteiger partial charge in [-0.05, 0) is 88.7 Å². The van der Waals surface area contributed by atoms with Crippen LogP contribution in [0.5, 0.6) is 6.01 Å². The summed E-state index contributed by atoms with van der Waals surface area (Å²) in [6.07, 6.45) is 7.79. The van der Waals surface area contributed by atoms with Crippen molar-refractivity contribution in [3.8, 4) is 17.3 Å². The quantitative estimate of drug-likeness (QED) is 0.167. The number of rotatable bonds is 10. The Morgan fingerprint density at radius 1 is 1.04 bits per heavy atom. The van der Waals surface area contributed by atoms with Crippen molar-refractivity contribution in [2.75, 3.05) is 50.8 Å². The zero-order valence-corrected chi connectivity index (χ0v) is 31.4. The van der Waals surface area contributed by atoms with Crippen LogP contribution in [-0.4, -0.2) is 106 Å². The fraction of sp³-hybridized carbons (Fsp3) is 0.611. The van der Waals surface area contributed by atoms with Crippen LogP contribution in [0.25, 0.3) is 33.2 Å². The number of pyridine rings is 1. The molecule has 8 rings (SSSR count). The first-order valence-electron chi connectivity index (χ1n) is 18.4. The second-order valence-electron chi connectivity index (χ2n) is 16.3. The first-order chi connectivity index (χ1) is 24.4. The third-order valence-corrected chi connectivity index (χ3v) is 13.2. The highest BCUT2D eigenvalue weighted by Gasteiger charge is 2.45. The van der Waals surface area contributed by atoms with E-state index in [2.05, 4.69) is 50.4 Å². The highest BCUT2D eigenvalue weighted by atomic mass is 28.3. The lowest BCUT2D eigenvalue weighted by atomic mass is 9.90. The number of anilines is 1. The molecule has 0 saturated carbocycles.